The molecule has 2 fully saturated rings. The molecule has 8 nitrogen and oxygen atoms in total. The van der Waals surface area contributed by atoms with Crippen molar-refractivity contribution in [2.45, 2.75) is 57.9 Å². The van der Waals surface area contributed by atoms with E-state index in [0.29, 0.717) is 47.5 Å². The molecule has 1 amide bonds. The number of hydrogen-bond acceptors (Lipinski definition) is 7. The van der Waals surface area contributed by atoms with Crippen molar-refractivity contribution in [2.75, 3.05) is 35.2 Å². The number of piperidine rings is 1. The van der Waals surface area contributed by atoms with Crippen LogP contribution in [0.4, 0.5) is 22.2 Å². The maximum absolute atomic E-state index is 11.8. The van der Waals surface area contributed by atoms with Gasteiger partial charge in [0, 0.05) is 36.1 Å². The first kappa shape index (κ1) is 26.6. The van der Waals surface area contributed by atoms with E-state index >= 15 is 0 Å². The van der Waals surface area contributed by atoms with Gasteiger partial charge in [-0.15, -0.1) is 0 Å². The van der Waals surface area contributed by atoms with E-state index in [1.54, 1.807) is 13.1 Å². The number of nitriles is 1. The third-order valence-electron chi connectivity index (χ3n) is 7.91. The summed E-state index contributed by atoms with van der Waals surface area (Å²) in [7, 11) is 0. The molecule has 1 aromatic heterocycles. The van der Waals surface area contributed by atoms with Crippen LogP contribution in [-0.4, -0.2) is 36.8 Å². The number of carbonyl (C=O) groups is 1. The minimum atomic E-state index is -0.476. The van der Waals surface area contributed by atoms with E-state index in [1.165, 1.54) is 44.2 Å². The monoisotopic (exact) mass is 527 g/mol. The average molecular weight is 528 g/mol. The quantitative estimate of drug-likeness (QED) is 0.323. The smallest absolute Gasteiger partial charge is 0.411 e. The second-order valence-corrected chi connectivity index (χ2v) is 10.6. The second-order valence-electron chi connectivity index (χ2n) is 10.6. The van der Waals surface area contributed by atoms with Crippen molar-refractivity contribution in [3.63, 3.8) is 0 Å². The molecule has 3 atom stereocenters. The number of amides is 1. The Kier molecular flexibility index (Phi) is 8.67. The van der Waals surface area contributed by atoms with Crippen LogP contribution in [-0.2, 0) is 4.74 Å². The first-order valence-electron chi connectivity index (χ1n) is 14.1. The van der Waals surface area contributed by atoms with Gasteiger partial charge in [0.1, 0.15) is 0 Å². The maximum atomic E-state index is 11.8. The van der Waals surface area contributed by atoms with Gasteiger partial charge in [-0.3, -0.25) is 5.32 Å². The summed E-state index contributed by atoms with van der Waals surface area (Å²) in [6, 6.07) is 18.6. The van der Waals surface area contributed by atoms with E-state index in [2.05, 4.69) is 38.7 Å². The topological polar surface area (TPSA) is 103 Å². The average Bonchev–Trinajstić information content (AvgIpc) is 3.43. The molecule has 8 heteroatoms. The largest absolute Gasteiger partial charge is 0.450 e. The molecule has 2 heterocycles. The highest BCUT2D eigenvalue weighted by atomic mass is 16.5. The first-order chi connectivity index (χ1) is 19.1. The molecular formula is C31H37N5O3. The minimum Gasteiger partial charge on any atom is -0.450 e. The van der Waals surface area contributed by atoms with Crippen LogP contribution >= 0.6 is 0 Å². The summed E-state index contributed by atoms with van der Waals surface area (Å²) in [6.45, 7) is 4.23. The zero-order chi connectivity index (χ0) is 27.0. The fourth-order valence-electron chi connectivity index (χ4n) is 6.01. The van der Waals surface area contributed by atoms with Crippen LogP contribution < -0.4 is 15.5 Å². The van der Waals surface area contributed by atoms with Crippen LogP contribution in [0.25, 0.3) is 11.3 Å². The first-order valence-corrected chi connectivity index (χ1v) is 14.1. The summed E-state index contributed by atoms with van der Waals surface area (Å²) in [5.41, 5.74) is 3.41. The number of nitrogens with zero attached hydrogens (tertiary/aromatic N) is 3. The van der Waals surface area contributed by atoms with E-state index in [0.717, 1.165) is 25.1 Å². The number of ether oxygens (including phenoxy) is 1. The lowest BCUT2D eigenvalue weighted by Crippen LogP contribution is -2.39. The van der Waals surface area contributed by atoms with Gasteiger partial charge >= 0.3 is 6.09 Å². The standard InChI is InChI=1S/C31H37N5O3/c1-2-38-31(37)34-26-10-5-9-25(18-26)29-20-33-30(39-29)35-28-11-4-3-8-24(28)17-23-7-6-16-36(21-23)27-14-12-22(19-32)13-15-27/h5,9-10,12-15,18,20,23-24,28H,2-4,6-8,11,16-17,21H2,1H3,(H,33,35)(H,34,37)/t23-,24+,28-/m1/s1. The highest BCUT2D eigenvalue weighted by molar-refractivity contribution is 5.85. The van der Waals surface area contributed by atoms with Gasteiger partial charge in [-0.2, -0.15) is 5.26 Å². The van der Waals surface area contributed by atoms with Crippen LogP contribution in [0.15, 0.2) is 59.1 Å². The van der Waals surface area contributed by atoms with Crippen LogP contribution in [0, 0.1) is 23.2 Å². The Labute approximate surface area is 230 Å². The van der Waals surface area contributed by atoms with Gasteiger partial charge in [-0.05, 0) is 87.3 Å². The van der Waals surface area contributed by atoms with Crippen molar-refractivity contribution in [1.82, 2.24) is 4.98 Å². The molecule has 2 aliphatic rings. The van der Waals surface area contributed by atoms with Gasteiger partial charge in [0.15, 0.2) is 5.76 Å². The van der Waals surface area contributed by atoms with Crippen molar-refractivity contribution in [2.24, 2.45) is 11.8 Å². The highest BCUT2D eigenvalue weighted by Gasteiger charge is 2.30. The molecule has 1 aliphatic heterocycles. The van der Waals surface area contributed by atoms with Crippen molar-refractivity contribution >= 4 is 23.5 Å². The molecule has 0 radical (unpaired) electrons. The molecule has 1 aliphatic carbocycles. The normalized spacial score (nSPS) is 21.1. The number of rotatable bonds is 8. The number of hydrogen-bond donors (Lipinski definition) is 2. The Balaban J connectivity index is 1.20. The Morgan fingerprint density at radius 1 is 1.15 bits per heavy atom. The Bertz CT molecular complexity index is 1280. The molecule has 204 valence electrons. The summed E-state index contributed by atoms with van der Waals surface area (Å²) in [5.74, 6) is 1.89. The molecule has 39 heavy (non-hydrogen) atoms. The summed E-state index contributed by atoms with van der Waals surface area (Å²) >= 11 is 0. The lowest BCUT2D eigenvalue weighted by atomic mass is 9.77. The molecule has 0 bridgehead atoms. The number of nitrogens with one attached hydrogen (secondary N) is 2. The molecular weight excluding hydrogens is 490 g/mol. The summed E-state index contributed by atoms with van der Waals surface area (Å²) in [4.78, 5) is 18.8. The van der Waals surface area contributed by atoms with E-state index in [9.17, 15) is 4.79 Å². The maximum Gasteiger partial charge on any atom is 0.411 e. The highest BCUT2D eigenvalue weighted by Crippen LogP contribution is 2.36. The number of anilines is 3. The van der Waals surface area contributed by atoms with Crippen molar-refractivity contribution in [3.8, 4) is 17.4 Å². The zero-order valence-electron chi connectivity index (χ0n) is 22.6. The van der Waals surface area contributed by atoms with Crippen LogP contribution in [0.3, 0.4) is 0 Å². The van der Waals surface area contributed by atoms with E-state index in [1.807, 2.05) is 36.4 Å². The second kappa shape index (κ2) is 12.7. The number of benzene rings is 2. The fraction of sp³-hybridized carbons (Fsp3) is 0.452. The van der Waals surface area contributed by atoms with Gasteiger partial charge in [-0.1, -0.05) is 25.0 Å². The van der Waals surface area contributed by atoms with Crippen molar-refractivity contribution < 1.29 is 13.9 Å². The van der Waals surface area contributed by atoms with Crippen LogP contribution in [0.5, 0.6) is 0 Å². The Morgan fingerprint density at radius 2 is 2.00 bits per heavy atom. The van der Waals surface area contributed by atoms with Gasteiger partial charge in [0.05, 0.1) is 24.4 Å². The molecule has 0 unspecified atom stereocenters. The SMILES string of the molecule is CCOC(=O)Nc1cccc(-c2cnc(N[C@@H]3CCCC[C@H]3C[C@H]3CCCN(c4ccc(C#N)cc4)C3)o2)c1. The Morgan fingerprint density at radius 3 is 2.82 bits per heavy atom. The van der Waals surface area contributed by atoms with E-state index < -0.39 is 6.09 Å². The van der Waals surface area contributed by atoms with Gasteiger partial charge in [0.2, 0.25) is 0 Å². The summed E-state index contributed by atoms with van der Waals surface area (Å²) < 4.78 is 11.1. The van der Waals surface area contributed by atoms with Crippen molar-refractivity contribution in [3.05, 3.63) is 60.3 Å². The summed E-state index contributed by atoms with van der Waals surface area (Å²) in [5, 5.41) is 15.5. The molecule has 2 N–H and O–H groups in total. The molecule has 2 aromatic carbocycles. The predicted octanol–water partition coefficient (Wildman–Crippen LogP) is 7.06. The van der Waals surface area contributed by atoms with E-state index in [4.69, 9.17) is 14.4 Å². The predicted molar refractivity (Wildman–Crippen MR) is 153 cm³/mol. The van der Waals surface area contributed by atoms with Crippen molar-refractivity contribution in [1.29, 1.82) is 5.26 Å². The minimum absolute atomic E-state index is 0.320. The number of aromatic nitrogens is 1. The summed E-state index contributed by atoms with van der Waals surface area (Å²) in [6.07, 6.45) is 9.74. The van der Waals surface area contributed by atoms with E-state index in [-0.39, 0.29) is 0 Å². The van der Waals surface area contributed by atoms with Crippen LogP contribution in [0.1, 0.15) is 57.4 Å². The number of oxazole rings is 1. The number of carbonyl (C=O) groups excluding carboxylic acids is 1. The fourth-order valence-corrected chi connectivity index (χ4v) is 6.01. The Hall–Kier alpha value is -3.99. The van der Waals surface area contributed by atoms with Gasteiger partial charge in [0.25, 0.3) is 6.01 Å². The van der Waals surface area contributed by atoms with Crippen LogP contribution in [0.2, 0.25) is 0 Å². The zero-order valence-corrected chi connectivity index (χ0v) is 22.6. The molecule has 1 saturated carbocycles. The third-order valence-corrected chi connectivity index (χ3v) is 7.91. The van der Waals surface area contributed by atoms with Gasteiger partial charge in [-0.25, -0.2) is 9.78 Å². The molecule has 0 spiro atoms. The lowest BCUT2D eigenvalue weighted by molar-refractivity contribution is 0.168. The van der Waals surface area contributed by atoms with Gasteiger partial charge < -0.3 is 19.4 Å². The molecule has 3 aromatic rings. The molecule has 1 saturated heterocycles. The molecule has 5 rings (SSSR count). The lowest BCUT2D eigenvalue weighted by Gasteiger charge is -2.39. The third kappa shape index (κ3) is 6.91.